The molecule has 1 N–H and O–H groups in total. The molecule has 0 amide bonds. The van der Waals surface area contributed by atoms with Crippen molar-refractivity contribution in [2.45, 2.75) is 12.5 Å². The van der Waals surface area contributed by atoms with Crippen molar-refractivity contribution in [3.63, 3.8) is 0 Å². The fraction of sp³-hybridized carbons (Fsp3) is 0.259. The topological polar surface area (TPSA) is 68.6 Å². The molecule has 2 aliphatic heterocycles. The molecule has 1 unspecified atom stereocenters. The number of aliphatic imine (C=N–C) groups is 1. The number of rotatable bonds is 5. The van der Waals surface area contributed by atoms with Gasteiger partial charge in [-0.25, -0.2) is 9.38 Å². The van der Waals surface area contributed by atoms with Crippen molar-refractivity contribution < 1.29 is 19.0 Å². The third kappa shape index (κ3) is 4.68. The van der Waals surface area contributed by atoms with Gasteiger partial charge in [0.15, 0.2) is 0 Å². The van der Waals surface area contributed by atoms with Crippen molar-refractivity contribution in [1.82, 2.24) is 4.90 Å². The van der Waals surface area contributed by atoms with Crippen LogP contribution in [0.4, 0.5) is 21.5 Å². The summed E-state index contributed by atoms with van der Waals surface area (Å²) >= 11 is 6.39. The van der Waals surface area contributed by atoms with Crippen LogP contribution in [0.15, 0.2) is 71.7 Å². The lowest BCUT2D eigenvalue weighted by molar-refractivity contribution is -0.137. The summed E-state index contributed by atoms with van der Waals surface area (Å²) in [6.07, 6.45) is -0.124. The molecule has 2 heterocycles. The standard InChI is InChI=1S/C27H26ClFN4O3/c1-36-25-11-6-18(28)16-24(25)33-23(17-26(34)35)21-4-2-3-5-22(21)30-27(33)32-14-12-31(13-15-32)20-9-7-19(29)8-10-20/h2-11,16,23H,12-15,17H2,1H3,(H,34,35). The van der Waals surface area contributed by atoms with E-state index in [0.29, 0.717) is 48.6 Å². The molecule has 0 saturated carbocycles. The van der Waals surface area contributed by atoms with Crippen molar-refractivity contribution in [2.24, 2.45) is 4.99 Å². The number of methoxy groups -OCH3 is 1. The second kappa shape index (κ2) is 10.1. The number of carboxylic acid groups (broad SMARTS) is 1. The molecule has 7 nitrogen and oxygen atoms in total. The molecule has 1 saturated heterocycles. The predicted octanol–water partition coefficient (Wildman–Crippen LogP) is 5.33. The van der Waals surface area contributed by atoms with Crippen LogP contribution in [0.25, 0.3) is 0 Å². The van der Waals surface area contributed by atoms with Crippen molar-refractivity contribution >= 4 is 40.6 Å². The second-order valence-electron chi connectivity index (χ2n) is 8.72. The molecular formula is C27H26ClFN4O3. The molecule has 0 spiro atoms. The fourth-order valence-corrected chi connectivity index (χ4v) is 5.01. The van der Waals surface area contributed by atoms with Gasteiger partial charge in [-0.15, -0.1) is 0 Å². The first kappa shape index (κ1) is 23.9. The van der Waals surface area contributed by atoms with Crippen LogP contribution >= 0.6 is 11.6 Å². The minimum atomic E-state index is -0.914. The van der Waals surface area contributed by atoms with Crippen LogP contribution < -0.4 is 14.5 Å². The van der Waals surface area contributed by atoms with E-state index >= 15 is 0 Å². The lowest BCUT2D eigenvalue weighted by Gasteiger charge is -2.45. The van der Waals surface area contributed by atoms with Crippen LogP contribution in [0.5, 0.6) is 5.75 Å². The third-order valence-corrected chi connectivity index (χ3v) is 6.80. The van der Waals surface area contributed by atoms with Gasteiger partial charge in [0.05, 0.1) is 30.9 Å². The van der Waals surface area contributed by atoms with Crippen LogP contribution in [0.2, 0.25) is 5.02 Å². The number of carboxylic acids is 1. The summed E-state index contributed by atoms with van der Waals surface area (Å²) in [7, 11) is 1.58. The number of aliphatic carboxylic acids is 1. The van der Waals surface area contributed by atoms with E-state index in [1.165, 1.54) is 12.1 Å². The Morgan fingerprint density at radius 3 is 2.44 bits per heavy atom. The molecule has 0 radical (unpaired) electrons. The van der Waals surface area contributed by atoms with Crippen LogP contribution in [0, 0.1) is 5.82 Å². The number of piperazine rings is 1. The van der Waals surface area contributed by atoms with Gasteiger partial charge in [-0.1, -0.05) is 29.8 Å². The maximum atomic E-state index is 13.4. The average Bonchev–Trinajstić information content (AvgIpc) is 2.89. The first-order valence-electron chi connectivity index (χ1n) is 11.7. The number of hydrogen-bond acceptors (Lipinski definition) is 6. The number of anilines is 2. The molecule has 5 rings (SSSR count). The highest BCUT2D eigenvalue weighted by Crippen LogP contribution is 2.44. The molecular weight excluding hydrogens is 483 g/mol. The smallest absolute Gasteiger partial charge is 0.305 e. The summed E-state index contributed by atoms with van der Waals surface area (Å²) < 4.78 is 19.0. The number of para-hydroxylation sites is 1. The maximum Gasteiger partial charge on any atom is 0.305 e. The Labute approximate surface area is 214 Å². The molecule has 0 aromatic heterocycles. The molecule has 0 aliphatic carbocycles. The zero-order valence-corrected chi connectivity index (χ0v) is 20.5. The Morgan fingerprint density at radius 2 is 1.75 bits per heavy atom. The predicted molar refractivity (Wildman–Crippen MR) is 139 cm³/mol. The molecule has 9 heteroatoms. The van der Waals surface area contributed by atoms with Gasteiger partial charge in [-0.2, -0.15) is 0 Å². The maximum absolute atomic E-state index is 13.4. The largest absolute Gasteiger partial charge is 0.495 e. The van der Waals surface area contributed by atoms with E-state index in [4.69, 9.17) is 21.3 Å². The van der Waals surface area contributed by atoms with Crippen LogP contribution in [-0.4, -0.2) is 55.2 Å². The summed E-state index contributed by atoms with van der Waals surface area (Å²) in [5.74, 6) is 0.0532. The normalized spacial score (nSPS) is 17.5. The third-order valence-electron chi connectivity index (χ3n) is 6.57. The summed E-state index contributed by atoms with van der Waals surface area (Å²) in [6.45, 7) is 2.71. The van der Waals surface area contributed by atoms with Crippen LogP contribution in [0.3, 0.4) is 0 Å². The van der Waals surface area contributed by atoms with E-state index in [2.05, 4.69) is 9.80 Å². The second-order valence-corrected chi connectivity index (χ2v) is 9.16. The summed E-state index contributed by atoms with van der Waals surface area (Å²) in [5.41, 5.74) is 3.20. The van der Waals surface area contributed by atoms with E-state index in [1.807, 2.05) is 29.2 Å². The minimum absolute atomic E-state index is 0.124. The summed E-state index contributed by atoms with van der Waals surface area (Å²) in [4.78, 5) is 23.3. The molecule has 1 atom stereocenters. The number of ether oxygens (including phenoxy) is 1. The van der Waals surface area contributed by atoms with Gasteiger partial charge < -0.3 is 24.5 Å². The minimum Gasteiger partial charge on any atom is -0.495 e. The Morgan fingerprint density at radius 1 is 1.06 bits per heavy atom. The zero-order valence-electron chi connectivity index (χ0n) is 19.8. The number of benzene rings is 3. The van der Waals surface area contributed by atoms with Gasteiger partial charge in [0.25, 0.3) is 0 Å². The van der Waals surface area contributed by atoms with Gasteiger partial charge in [-0.05, 0) is 48.5 Å². The number of halogens is 2. The van der Waals surface area contributed by atoms with Crippen LogP contribution in [0.1, 0.15) is 18.0 Å². The zero-order chi connectivity index (χ0) is 25.2. The first-order chi connectivity index (χ1) is 17.4. The Kier molecular flexibility index (Phi) is 6.69. The van der Waals surface area contributed by atoms with E-state index < -0.39 is 12.0 Å². The Bertz CT molecular complexity index is 1290. The quantitative estimate of drug-likeness (QED) is 0.502. The number of nitrogens with zero attached hydrogens (tertiary/aromatic N) is 4. The monoisotopic (exact) mass is 508 g/mol. The number of carbonyl (C=O) groups is 1. The van der Waals surface area contributed by atoms with Gasteiger partial charge >= 0.3 is 5.97 Å². The van der Waals surface area contributed by atoms with Gasteiger partial charge in [0.1, 0.15) is 11.6 Å². The SMILES string of the molecule is COc1ccc(Cl)cc1N1C(N2CCN(c3ccc(F)cc3)CC2)=Nc2ccccc2C1CC(=O)O. The van der Waals surface area contributed by atoms with Gasteiger partial charge in [0.2, 0.25) is 5.96 Å². The number of guanidine groups is 1. The first-order valence-corrected chi connectivity index (χ1v) is 12.1. The molecule has 36 heavy (non-hydrogen) atoms. The van der Waals surface area contributed by atoms with E-state index in [0.717, 1.165) is 16.9 Å². The highest BCUT2D eigenvalue weighted by atomic mass is 35.5. The molecule has 3 aromatic rings. The van der Waals surface area contributed by atoms with Crippen LogP contribution in [-0.2, 0) is 4.79 Å². The van der Waals surface area contributed by atoms with Crippen molar-refractivity contribution in [2.75, 3.05) is 43.1 Å². The number of hydrogen-bond donors (Lipinski definition) is 1. The molecule has 0 bridgehead atoms. The number of fused-ring (bicyclic) bond motifs is 1. The summed E-state index contributed by atoms with van der Waals surface area (Å²) in [6, 6.07) is 18.9. The van der Waals surface area contributed by atoms with Crippen molar-refractivity contribution in [3.05, 3.63) is 83.1 Å². The fourth-order valence-electron chi connectivity index (χ4n) is 4.84. The van der Waals surface area contributed by atoms with E-state index in [1.54, 1.807) is 37.4 Å². The lowest BCUT2D eigenvalue weighted by atomic mass is 9.97. The highest BCUT2D eigenvalue weighted by Gasteiger charge is 2.37. The van der Waals surface area contributed by atoms with Crippen molar-refractivity contribution in [1.29, 1.82) is 0 Å². The van der Waals surface area contributed by atoms with Gasteiger partial charge in [-0.3, -0.25) is 4.79 Å². The molecule has 1 fully saturated rings. The Hall–Kier alpha value is -3.78. The molecule has 3 aromatic carbocycles. The molecule has 186 valence electrons. The summed E-state index contributed by atoms with van der Waals surface area (Å²) in [5, 5.41) is 10.4. The highest BCUT2D eigenvalue weighted by molar-refractivity contribution is 6.31. The van der Waals surface area contributed by atoms with E-state index in [-0.39, 0.29) is 12.2 Å². The van der Waals surface area contributed by atoms with Crippen molar-refractivity contribution in [3.8, 4) is 5.75 Å². The average molecular weight is 509 g/mol. The molecule has 2 aliphatic rings. The Balaban J connectivity index is 1.55. The van der Waals surface area contributed by atoms with E-state index in [9.17, 15) is 14.3 Å². The van der Waals surface area contributed by atoms with Gasteiger partial charge in [0, 0.05) is 42.5 Å². The lowest BCUT2D eigenvalue weighted by Crippen LogP contribution is -2.55.